The molecule has 0 radical (unpaired) electrons. The third-order valence-corrected chi connectivity index (χ3v) is 2.78. The summed E-state index contributed by atoms with van der Waals surface area (Å²) in [5.41, 5.74) is 6.38. The lowest BCUT2D eigenvalue weighted by molar-refractivity contribution is 0.292. The van der Waals surface area contributed by atoms with Crippen molar-refractivity contribution in [1.29, 1.82) is 0 Å². The van der Waals surface area contributed by atoms with E-state index in [2.05, 4.69) is 0 Å². The van der Waals surface area contributed by atoms with Crippen LogP contribution in [0.15, 0.2) is 12.1 Å². The quantitative estimate of drug-likeness (QED) is 0.820. The van der Waals surface area contributed by atoms with Crippen LogP contribution in [-0.4, -0.2) is 19.8 Å². The van der Waals surface area contributed by atoms with Crippen molar-refractivity contribution < 1.29 is 13.9 Å². The van der Waals surface area contributed by atoms with Crippen molar-refractivity contribution in [2.45, 2.75) is 25.7 Å². The van der Waals surface area contributed by atoms with Crippen LogP contribution in [0.1, 0.15) is 24.8 Å². The molecule has 0 bridgehead atoms. The number of nitrogens with two attached hydrogens (primary N) is 1. The Bertz CT molecular complexity index is 382. The summed E-state index contributed by atoms with van der Waals surface area (Å²) in [4.78, 5) is 0. The molecule has 17 heavy (non-hydrogen) atoms. The van der Waals surface area contributed by atoms with E-state index in [1.807, 2.05) is 6.07 Å². The topological polar surface area (TPSA) is 44.5 Å². The Morgan fingerprint density at radius 1 is 1.18 bits per heavy atom. The van der Waals surface area contributed by atoms with E-state index >= 15 is 0 Å². The summed E-state index contributed by atoms with van der Waals surface area (Å²) in [6, 6.07) is 3.41. The van der Waals surface area contributed by atoms with Gasteiger partial charge in [-0.15, -0.1) is 0 Å². The number of unbranched alkanes of at least 4 members (excludes halogenated alkanes) is 1. The molecule has 1 aliphatic rings. The monoisotopic (exact) mass is 239 g/mol. The van der Waals surface area contributed by atoms with E-state index in [9.17, 15) is 4.39 Å². The van der Waals surface area contributed by atoms with E-state index in [1.54, 1.807) is 0 Å². The second-order valence-electron chi connectivity index (χ2n) is 4.20. The third-order valence-electron chi connectivity index (χ3n) is 2.78. The lowest BCUT2D eigenvalue weighted by atomic mass is 10.1. The minimum atomic E-state index is -0.327. The molecular formula is C13H18FNO2. The summed E-state index contributed by atoms with van der Waals surface area (Å²) in [6.07, 6.45) is 3.53. The Labute approximate surface area is 101 Å². The van der Waals surface area contributed by atoms with E-state index < -0.39 is 0 Å². The predicted molar refractivity (Wildman–Crippen MR) is 64.0 cm³/mol. The first-order chi connectivity index (χ1) is 8.31. The van der Waals surface area contributed by atoms with Gasteiger partial charge in [0.05, 0.1) is 13.2 Å². The Morgan fingerprint density at radius 3 is 2.82 bits per heavy atom. The standard InChI is InChI=1S/C13H18FNO2/c14-11-8-10(4-1-2-5-15)9-12-13(11)17-7-3-6-16-12/h8-9H,1-7,15H2. The first kappa shape index (κ1) is 12.2. The van der Waals surface area contributed by atoms with Gasteiger partial charge in [-0.2, -0.15) is 0 Å². The molecule has 0 amide bonds. The van der Waals surface area contributed by atoms with E-state index in [0.717, 1.165) is 31.2 Å². The lowest BCUT2D eigenvalue weighted by Crippen LogP contribution is -2.00. The highest BCUT2D eigenvalue weighted by atomic mass is 19.1. The Kier molecular flexibility index (Phi) is 4.20. The van der Waals surface area contributed by atoms with Crippen LogP contribution in [0.3, 0.4) is 0 Å². The summed E-state index contributed by atoms with van der Waals surface area (Å²) >= 11 is 0. The van der Waals surface area contributed by atoms with E-state index in [4.69, 9.17) is 15.2 Å². The van der Waals surface area contributed by atoms with Gasteiger partial charge in [-0.25, -0.2) is 4.39 Å². The lowest BCUT2D eigenvalue weighted by Gasteiger charge is -2.10. The van der Waals surface area contributed by atoms with Crippen molar-refractivity contribution in [1.82, 2.24) is 0 Å². The Hall–Kier alpha value is -1.29. The van der Waals surface area contributed by atoms with Gasteiger partial charge in [-0.3, -0.25) is 0 Å². The minimum Gasteiger partial charge on any atom is -0.489 e. The van der Waals surface area contributed by atoms with Gasteiger partial charge in [0.1, 0.15) is 0 Å². The smallest absolute Gasteiger partial charge is 0.197 e. The fraction of sp³-hybridized carbons (Fsp3) is 0.538. The molecule has 0 aromatic heterocycles. The first-order valence-electron chi connectivity index (χ1n) is 6.09. The Balaban J connectivity index is 2.14. The van der Waals surface area contributed by atoms with Crippen molar-refractivity contribution in [2.24, 2.45) is 5.73 Å². The molecule has 1 aromatic carbocycles. The molecule has 1 heterocycles. The summed E-state index contributed by atoms with van der Waals surface area (Å²) in [6.45, 7) is 1.77. The van der Waals surface area contributed by atoms with Crippen LogP contribution in [-0.2, 0) is 6.42 Å². The van der Waals surface area contributed by atoms with Crippen LogP contribution in [0.25, 0.3) is 0 Å². The highest BCUT2D eigenvalue weighted by Crippen LogP contribution is 2.34. The fourth-order valence-electron chi connectivity index (χ4n) is 1.90. The highest BCUT2D eigenvalue weighted by molar-refractivity contribution is 5.44. The van der Waals surface area contributed by atoms with Gasteiger partial charge in [0.25, 0.3) is 0 Å². The Morgan fingerprint density at radius 2 is 2.00 bits per heavy atom. The molecule has 4 heteroatoms. The predicted octanol–water partition coefficient (Wildman–Crippen LogP) is 2.27. The number of hydrogen-bond acceptors (Lipinski definition) is 3. The zero-order valence-electron chi connectivity index (χ0n) is 9.88. The molecule has 0 saturated carbocycles. The van der Waals surface area contributed by atoms with Gasteiger partial charge in [-0.05, 0) is 43.5 Å². The van der Waals surface area contributed by atoms with Crippen molar-refractivity contribution in [3.8, 4) is 11.5 Å². The number of ether oxygens (including phenoxy) is 2. The van der Waals surface area contributed by atoms with Gasteiger partial charge < -0.3 is 15.2 Å². The molecule has 0 unspecified atom stereocenters. The van der Waals surface area contributed by atoms with Crippen LogP contribution in [0, 0.1) is 5.82 Å². The van der Waals surface area contributed by atoms with E-state index in [-0.39, 0.29) is 11.6 Å². The molecule has 0 spiro atoms. The van der Waals surface area contributed by atoms with Crippen LogP contribution in [0.4, 0.5) is 4.39 Å². The maximum atomic E-state index is 13.8. The molecule has 0 fully saturated rings. The van der Waals surface area contributed by atoms with Crippen LogP contribution in [0.2, 0.25) is 0 Å². The molecular weight excluding hydrogens is 221 g/mol. The summed E-state index contributed by atoms with van der Waals surface area (Å²) in [5, 5.41) is 0. The van der Waals surface area contributed by atoms with Crippen LogP contribution in [0.5, 0.6) is 11.5 Å². The highest BCUT2D eigenvalue weighted by Gasteiger charge is 2.16. The summed E-state index contributed by atoms with van der Waals surface area (Å²) in [5.74, 6) is 0.461. The SMILES string of the molecule is NCCCCc1cc(F)c2c(c1)OCCCO2. The second kappa shape index (κ2) is 5.87. The largest absolute Gasteiger partial charge is 0.489 e. The molecule has 0 saturated heterocycles. The maximum absolute atomic E-state index is 13.8. The van der Waals surface area contributed by atoms with Gasteiger partial charge in [0, 0.05) is 6.42 Å². The second-order valence-corrected chi connectivity index (χ2v) is 4.20. The van der Waals surface area contributed by atoms with Gasteiger partial charge in [0.15, 0.2) is 17.3 Å². The number of fused-ring (bicyclic) bond motifs is 1. The van der Waals surface area contributed by atoms with Crippen molar-refractivity contribution >= 4 is 0 Å². The molecule has 2 rings (SSSR count). The normalized spacial score (nSPS) is 14.5. The zero-order chi connectivity index (χ0) is 12.1. The molecule has 3 nitrogen and oxygen atoms in total. The minimum absolute atomic E-state index is 0.255. The number of benzene rings is 1. The maximum Gasteiger partial charge on any atom is 0.197 e. The summed E-state index contributed by atoms with van der Waals surface area (Å²) in [7, 11) is 0. The molecule has 94 valence electrons. The van der Waals surface area contributed by atoms with Gasteiger partial charge in [0.2, 0.25) is 0 Å². The number of hydrogen-bond donors (Lipinski definition) is 1. The summed E-state index contributed by atoms with van der Waals surface area (Å²) < 4.78 is 24.6. The number of halogens is 1. The average molecular weight is 239 g/mol. The molecule has 2 N–H and O–H groups in total. The van der Waals surface area contributed by atoms with Crippen LogP contribution >= 0.6 is 0 Å². The van der Waals surface area contributed by atoms with Gasteiger partial charge in [-0.1, -0.05) is 0 Å². The average Bonchev–Trinajstić information content (AvgIpc) is 2.55. The van der Waals surface area contributed by atoms with Crippen molar-refractivity contribution in [3.63, 3.8) is 0 Å². The van der Waals surface area contributed by atoms with Crippen LogP contribution < -0.4 is 15.2 Å². The van der Waals surface area contributed by atoms with E-state index in [1.165, 1.54) is 6.07 Å². The first-order valence-corrected chi connectivity index (χ1v) is 6.09. The zero-order valence-corrected chi connectivity index (χ0v) is 9.88. The van der Waals surface area contributed by atoms with Crippen molar-refractivity contribution in [2.75, 3.05) is 19.8 Å². The van der Waals surface area contributed by atoms with E-state index in [0.29, 0.717) is 25.5 Å². The number of rotatable bonds is 4. The number of aryl methyl sites for hydroxylation is 1. The molecule has 0 atom stereocenters. The fourth-order valence-corrected chi connectivity index (χ4v) is 1.90. The molecule has 0 aliphatic carbocycles. The third kappa shape index (κ3) is 3.09. The van der Waals surface area contributed by atoms with Gasteiger partial charge >= 0.3 is 0 Å². The van der Waals surface area contributed by atoms with Crippen molar-refractivity contribution in [3.05, 3.63) is 23.5 Å². The molecule has 1 aliphatic heterocycles. The molecule has 1 aromatic rings.